The van der Waals surface area contributed by atoms with Crippen LogP contribution in [0.4, 0.5) is 5.69 Å². The van der Waals surface area contributed by atoms with Gasteiger partial charge in [0, 0.05) is 16.3 Å². The number of rotatable bonds is 5. The highest BCUT2D eigenvalue weighted by atomic mass is 35.5. The number of aromatic nitrogens is 1. The van der Waals surface area contributed by atoms with Gasteiger partial charge in [0.15, 0.2) is 4.80 Å². The Labute approximate surface area is 193 Å². The molecule has 0 aliphatic heterocycles. The molecule has 0 radical (unpaired) electrons. The monoisotopic (exact) mass is 481 g/mol. The number of hydrogen-bond donors (Lipinski definition) is 1. The molecule has 0 saturated carbocycles. The van der Waals surface area contributed by atoms with Gasteiger partial charge in [-0.2, -0.15) is 4.99 Å². The standard InChI is InChI=1S/C23H16ClN3O3S2/c1-2-15-27-20-5-3-4-6-21(20)31-23(27)25-22(28)16-7-11-18(12-8-16)26-32(29,30)19-13-9-17(24)10-14-19/h1,3-14,26H,15H2. The van der Waals surface area contributed by atoms with Crippen molar-refractivity contribution in [1.29, 1.82) is 0 Å². The van der Waals surface area contributed by atoms with E-state index in [9.17, 15) is 13.2 Å². The van der Waals surface area contributed by atoms with Crippen LogP contribution in [-0.2, 0) is 16.6 Å². The first-order chi connectivity index (χ1) is 15.4. The second kappa shape index (κ2) is 9.01. The zero-order chi connectivity index (χ0) is 22.7. The highest BCUT2D eigenvalue weighted by Crippen LogP contribution is 2.20. The van der Waals surface area contributed by atoms with E-state index in [1.54, 1.807) is 0 Å². The second-order valence-electron chi connectivity index (χ2n) is 6.70. The number of nitrogens with zero attached hydrogens (tertiary/aromatic N) is 2. The summed E-state index contributed by atoms with van der Waals surface area (Å²) in [7, 11) is -3.78. The number of fused-ring (bicyclic) bond motifs is 1. The molecule has 1 N–H and O–H groups in total. The van der Waals surface area contributed by atoms with Crippen molar-refractivity contribution in [1.82, 2.24) is 4.57 Å². The first-order valence-electron chi connectivity index (χ1n) is 9.37. The molecule has 0 spiro atoms. The van der Waals surface area contributed by atoms with Gasteiger partial charge in [-0.3, -0.25) is 9.52 Å². The van der Waals surface area contributed by atoms with Gasteiger partial charge in [0.2, 0.25) is 0 Å². The number of hydrogen-bond acceptors (Lipinski definition) is 4. The minimum absolute atomic E-state index is 0.0832. The van der Waals surface area contributed by atoms with Crippen LogP contribution in [0.15, 0.2) is 82.7 Å². The summed E-state index contributed by atoms with van der Waals surface area (Å²) in [5.41, 5.74) is 1.55. The van der Waals surface area contributed by atoms with Crippen molar-refractivity contribution in [3.63, 3.8) is 0 Å². The van der Waals surface area contributed by atoms with E-state index in [1.807, 2.05) is 28.8 Å². The van der Waals surface area contributed by atoms with Crippen molar-refractivity contribution in [3.05, 3.63) is 88.2 Å². The summed E-state index contributed by atoms with van der Waals surface area (Å²) in [6.45, 7) is 0.293. The number of halogens is 1. The first-order valence-corrected chi connectivity index (χ1v) is 12.0. The average molecular weight is 482 g/mol. The largest absolute Gasteiger partial charge is 0.305 e. The molecule has 0 saturated heterocycles. The van der Waals surface area contributed by atoms with E-state index in [4.69, 9.17) is 18.0 Å². The third kappa shape index (κ3) is 4.60. The molecule has 1 aromatic heterocycles. The van der Waals surface area contributed by atoms with Gasteiger partial charge in [0.1, 0.15) is 0 Å². The minimum atomic E-state index is -3.78. The van der Waals surface area contributed by atoms with E-state index in [0.717, 1.165) is 10.2 Å². The van der Waals surface area contributed by atoms with Gasteiger partial charge in [-0.05, 0) is 60.7 Å². The molecule has 160 valence electrons. The fourth-order valence-corrected chi connectivity index (χ4v) is 5.22. The van der Waals surface area contributed by atoms with Gasteiger partial charge in [-0.15, -0.1) is 6.42 Å². The van der Waals surface area contributed by atoms with Crippen molar-refractivity contribution in [2.24, 2.45) is 4.99 Å². The number of sulfonamides is 1. The number of anilines is 1. The van der Waals surface area contributed by atoms with Gasteiger partial charge in [0.25, 0.3) is 15.9 Å². The number of carbonyl (C=O) groups excluding carboxylic acids is 1. The molecule has 0 aliphatic carbocycles. The Morgan fingerprint density at radius 1 is 1.06 bits per heavy atom. The van der Waals surface area contributed by atoms with Crippen LogP contribution in [0.3, 0.4) is 0 Å². The topological polar surface area (TPSA) is 80.5 Å². The Balaban J connectivity index is 1.59. The van der Waals surface area contributed by atoms with Crippen molar-refractivity contribution in [2.75, 3.05) is 4.72 Å². The van der Waals surface area contributed by atoms with E-state index in [1.165, 1.54) is 59.9 Å². The van der Waals surface area contributed by atoms with Crippen LogP contribution in [0.1, 0.15) is 10.4 Å². The molecule has 9 heteroatoms. The van der Waals surface area contributed by atoms with Crippen molar-refractivity contribution in [3.8, 4) is 12.3 Å². The Morgan fingerprint density at radius 2 is 1.75 bits per heavy atom. The number of terminal acetylenes is 1. The molecular formula is C23H16ClN3O3S2. The van der Waals surface area contributed by atoms with Crippen molar-refractivity contribution < 1.29 is 13.2 Å². The van der Waals surface area contributed by atoms with Gasteiger partial charge >= 0.3 is 0 Å². The summed E-state index contributed by atoms with van der Waals surface area (Å²) in [6, 6.07) is 19.6. The van der Waals surface area contributed by atoms with Crippen LogP contribution in [-0.4, -0.2) is 18.9 Å². The van der Waals surface area contributed by atoms with E-state index >= 15 is 0 Å². The normalized spacial score (nSPS) is 11.9. The second-order valence-corrected chi connectivity index (χ2v) is 9.82. The Bertz CT molecular complexity index is 1510. The Kier molecular flexibility index (Phi) is 6.15. The quantitative estimate of drug-likeness (QED) is 0.425. The van der Waals surface area contributed by atoms with Crippen LogP contribution in [0.2, 0.25) is 5.02 Å². The van der Waals surface area contributed by atoms with Crippen molar-refractivity contribution >= 4 is 54.8 Å². The number of nitrogens with one attached hydrogen (secondary N) is 1. The lowest BCUT2D eigenvalue weighted by Crippen LogP contribution is -2.16. The van der Waals surface area contributed by atoms with Gasteiger partial charge in [-0.25, -0.2) is 8.42 Å². The van der Waals surface area contributed by atoms with Crippen LogP contribution in [0.25, 0.3) is 10.2 Å². The predicted octanol–water partition coefficient (Wildman–Crippen LogP) is 4.53. The summed E-state index contributed by atoms with van der Waals surface area (Å²) in [5, 5.41) is 0.442. The number of para-hydroxylation sites is 1. The molecule has 0 atom stereocenters. The number of carbonyl (C=O) groups is 1. The van der Waals surface area contributed by atoms with Gasteiger partial charge in [-0.1, -0.05) is 41.0 Å². The van der Waals surface area contributed by atoms with Crippen molar-refractivity contribution in [2.45, 2.75) is 11.4 Å². The van der Waals surface area contributed by atoms with E-state index in [0.29, 0.717) is 27.6 Å². The highest BCUT2D eigenvalue weighted by Gasteiger charge is 2.15. The molecule has 1 amide bonds. The summed E-state index contributed by atoms with van der Waals surface area (Å²) < 4.78 is 30.3. The Morgan fingerprint density at radius 3 is 2.44 bits per heavy atom. The molecule has 3 aromatic carbocycles. The maximum Gasteiger partial charge on any atom is 0.279 e. The number of benzene rings is 3. The molecule has 0 unspecified atom stereocenters. The fraction of sp³-hybridized carbons (Fsp3) is 0.0435. The van der Waals surface area contributed by atoms with Crippen LogP contribution < -0.4 is 9.52 Å². The molecular weight excluding hydrogens is 466 g/mol. The zero-order valence-electron chi connectivity index (χ0n) is 16.5. The SMILES string of the molecule is C#CCn1c(=NC(=O)c2ccc(NS(=O)(=O)c3ccc(Cl)cc3)cc2)sc2ccccc21. The molecule has 4 aromatic rings. The average Bonchev–Trinajstić information content (AvgIpc) is 3.11. The lowest BCUT2D eigenvalue weighted by Gasteiger charge is -2.08. The summed E-state index contributed by atoms with van der Waals surface area (Å²) in [5.74, 6) is 2.14. The molecule has 0 aliphatic rings. The van der Waals surface area contributed by atoms with Gasteiger partial charge < -0.3 is 4.57 Å². The van der Waals surface area contributed by atoms with E-state index < -0.39 is 15.9 Å². The zero-order valence-corrected chi connectivity index (χ0v) is 18.9. The maximum absolute atomic E-state index is 12.7. The molecule has 4 rings (SSSR count). The van der Waals surface area contributed by atoms with E-state index in [-0.39, 0.29) is 4.90 Å². The predicted molar refractivity (Wildman–Crippen MR) is 127 cm³/mol. The molecule has 0 fully saturated rings. The highest BCUT2D eigenvalue weighted by molar-refractivity contribution is 7.92. The Hall–Kier alpha value is -3.38. The summed E-state index contributed by atoms with van der Waals surface area (Å²) >= 11 is 7.19. The summed E-state index contributed by atoms with van der Waals surface area (Å²) in [6.07, 6.45) is 5.48. The van der Waals surface area contributed by atoms with Crippen LogP contribution in [0, 0.1) is 12.3 Å². The lowest BCUT2D eigenvalue weighted by molar-refractivity contribution is 0.0998. The fourth-order valence-electron chi connectivity index (χ4n) is 3.01. The van der Waals surface area contributed by atoms with E-state index in [2.05, 4.69) is 15.6 Å². The molecule has 32 heavy (non-hydrogen) atoms. The molecule has 6 nitrogen and oxygen atoms in total. The number of amides is 1. The molecule has 1 heterocycles. The first kappa shape index (κ1) is 21.8. The summed E-state index contributed by atoms with van der Waals surface area (Å²) in [4.78, 5) is 17.5. The third-order valence-corrected chi connectivity index (χ3v) is 7.25. The minimum Gasteiger partial charge on any atom is -0.305 e. The number of thiazole rings is 1. The van der Waals surface area contributed by atoms with Gasteiger partial charge in [0.05, 0.1) is 21.7 Å². The third-order valence-electron chi connectivity index (χ3n) is 4.54. The molecule has 0 bridgehead atoms. The maximum atomic E-state index is 12.7. The van der Waals surface area contributed by atoms with Crippen LogP contribution in [0.5, 0.6) is 0 Å². The van der Waals surface area contributed by atoms with Crippen LogP contribution >= 0.6 is 22.9 Å². The lowest BCUT2D eigenvalue weighted by atomic mass is 10.2. The smallest absolute Gasteiger partial charge is 0.279 e.